The van der Waals surface area contributed by atoms with Crippen molar-refractivity contribution in [2.75, 3.05) is 36.4 Å². The summed E-state index contributed by atoms with van der Waals surface area (Å²) in [5.41, 5.74) is 1.23. The highest BCUT2D eigenvalue weighted by molar-refractivity contribution is 9.10. The first kappa shape index (κ1) is 18.6. The number of hydrogen-bond donors (Lipinski definition) is 1. The number of halogens is 1. The Kier molecular flexibility index (Phi) is 5.74. The van der Waals surface area contributed by atoms with Crippen molar-refractivity contribution in [3.05, 3.63) is 22.7 Å². The second-order valence-electron chi connectivity index (χ2n) is 6.80. The van der Waals surface area contributed by atoms with Gasteiger partial charge < -0.3 is 19.9 Å². The van der Waals surface area contributed by atoms with Gasteiger partial charge in [-0.1, -0.05) is 15.9 Å². The molecular formula is C17H24BrN3O3. The van der Waals surface area contributed by atoms with Gasteiger partial charge in [-0.25, -0.2) is 4.79 Å². The predicted molar refractivity (Wildman–Crippen MR) is 98.5 cm³/mol. The fourth-order valence-corrected chi connectivity index (χ4v) is 2.87. The Morgan fingerprint density at radius 1 is 1.17 bits per heavy atom. The average Bonchev–Trinajstić information content (AvgIpc) is 2.47. The average molecular weight is 398 g/mol. The van der Waals surface area contributed by atoms with Crippen LogP contribution in [0.2, 0.25) is 0 Å². The van der Waals surface area contributed by atoms with Gasteiger partial charge in [0.25, 0.3) is 0 Å². The van der Waals surface area contributed by atoms with Gasteiger partial charge in [0.05, 0.1) is 11.4 Å². The van der Waals surface area contributed by atoms with Gasteiger partial charge in [0, 0.05) is 37.6 Å². The summed E-state index contributed by atoms with van der Waals surface area (Å²) in [5.74, 6) is -0.106. The molecule has 1 aliphatic heterocycles. The summed E-state index contributed by atoms with van der Waals surface area (Å²) < 4.78 is 6.36. The van der Waals surface area contributed by atoms with Crippen molar-refractivity contribution in [2.24, 2.45) is 0 Å². The monoisotopic (exact) mass is 397 g/mol. The van der Waals surface area contributed by atoms with Gasteiger partial charge in [-0.15, -0.1) is 0 Å². The van der Waals surface area contributed by atoms with E-state index in [1.807, 2.05) is 39.0 Å². The highest BCUT2D eigenvalue weighted by atomic mass is 79.9. The second-order valence-corrected chi connectivity index (χ2v) is 7.71. The molecule has 1 N–H and O–H groups in total. The number of rotatable bonds is 2. The van der Waals surface area contributed by atoms with Gasteiger partial charge in [-0.2, -0.15) is 0 Å². The molecule has 0 aliphatic carbocycles. The molecule has 0 bridgehead atoms. The van der Waals surface area contributed by atoms with E-state index in [1.54, 1.807) is 4.90 Å². The first-order valence-electron chi connectivity index (χ1n) is 7.96. The number of piperazine rings is 1. The summed E-state index contributed by atoms with van der Waals surface area (Å²) in [5, 5.41) is 2.86. The molecule has 2 amide bonds. The summed E-state index contributed by atoms with van der Waals surface area (Å²) >= 11 is 3.47. The lowest BCUT2D eigenvalue weighted by Crippen LogP contribution is -2.50. The number of amides is 2. The molecule has 0 atom stereocenters. The van der Waals surface area contributed by atoms with Crippen LogP contribution in [0.15, 0.2) is 22.7 Å². The van der Waals surface area contributed by atoms with Crippen molar-refractivity contribution in [2.45, 2.75) is 33.3 Å². The Bertz CT molecular complexity index is 620. The zero-order chi connectivity index (χ0) is 17.9. The van der Waals surface area contributed by atoms with E-state index in [0.29, 0.717) is 26.2 Å². The molecule has 0 unspecified atom stereocenters. The summed E-state index contributed by atoms with van der Waals surface area (Å²) in [6.07, 6.45) is -0.279. The molecule has 132 valence electrons. The maximum atomic E-state index is 12.1. The molecule has 1 aromatic rings. The van der Waals surface area contributed by atoms with E-state index in [4.69, 9.17) is 4.74 Å². The molecule has 24 heavy (non-hydrogen) atoms. The maximum Gasteiger partial charge on any atom is 0.410 e. The van der Waals surface area contributed by atoms with Crippen molar-refractivity contribution in [1.29, 1.82) is 0 Å². The van der Waals surface area contributed by atoms with Crippen LogP contribution in [0.25, 0.3) is 0 Å². The van der Waals surface area contributed by atoms with Gasteiger partial charge in [0.1, 0.15) is 5.60 Å². The minimum Gasteiger partial charge on any atom is -0.444 e. The molecule has 7 heteroatoms. The molecule has 0 saturated carbocycles. The minimum absolute atomic E-state index is 0.106. The van der Waals surface area contributed by atoms with E-state index in [-0.39, 0.29) is 12.0 Å². The van der Waals surface area contributed by atoms with Crippen molar-refractivity contribution in [3.8, 4) is 0 Å². The van der Waals surface area contributed by atoms with Crippen LogP contribution in [0.1, 0.15) is 27.7 Å². The zero-order valence-electron chi connectivity index (χ0n) is 14.6. The normalized spacial score (nSPS) is 15.2. The molecule has 1 aliphatic rings. The topological polar surface area (TPSA) is 61.9 Å². The van der Waals surface area contributed by atoms with E-state index in [1.165, 1.54) is 6.92 Å². The van der Waals surface area contributed by atoms with Gasteiger partial charge >= 0.3 is 6.09 Å². The van der Waals surface area contributed by atoms with Crippen LogP contribution < -0.4 is 10.2 Å². The first-order chi connectivity index (χ1) is 11.2. The van der Waals surface area contributed by atoms with E-state index in [2.05, 4.69) is 26.1 Å². The summed E-state index contributed by atoms with van der Waals surface area (Å²) in [6, 6.07) is 5.75. The van der Waals surface area contributed by atoms with Crippen molar-refractivity contribution >= 4 is 39.3 Å². The number of nitrogens with one attached hydrogen (secondary N) is 1. The van der Waals surface area contributed by atoms with Crippen LogP contribution >= 0.6 is 15.9 Å². The lowest BCUT2D eigenvalue weighted by atomic mass is 10.2. The number of nitrogens with zero attached hydrogens (tertiary/aromatic N) is 2. The molecule has 6 nitrogen and oxygen atoms in total. The molecule has 0 radical (unpaired) electrons. The van der Waals surface area contributed by atoms with Crippen molar-refractivity contribution in [3.63, 3.8) is 0 Å². The van der Waals surface area contributed by atoms with Crippen molar-refractivity contribution in [1.82, 2.24) is 4.90 Å². The molecular weight excluding hydrogens is 374 g/mol. The quantitative estimate of drug-likeness (QED) is 0.829. The van der Waals surface area contributed by atoms with Crippen LogP contribution in [0.5, 0.6) is 0 Å². The highest BCUT2D eigenvalue weighted by Crippen LogP contribution is 2.30. The summed E-state index contributed by atoms with van der Waals surface area (Å²) in [7, 11) is 0. The fraction of sp³-hybridized carbons (Fsp3) is 0.529. The van der Waals surface area contributed by atoms with Gasteiger partial charge in [-0.05, 0) is 39.0 Å². The fourth-order valence-electron chi connectivity index (χ4n) is 2.52. The smallest absolute Gasteiger partial charge is 0.410 e. The standard InChI is InChI=1S/C17H24BrN3O3/c1-12(22)19-14-6-5-13(18)11-15(14)20-7-9-21(10-8-20)16(23)24-17(2,3)4/h5-6,11H,7-10H2,1-4H3,(H,19,22). The third-order valence-corrected chi connectivity index (χ3v) is 4.04. The SMILES string of the molecule is CC(=O)Nc1ccc(Br)cc1N1CCN(C(=O)OC(C)(C)C)CC1. The number of benzene rings is 1. The van der Waals surface area contributed by atoms with Crippen LogP contribution in [0, 0.1) is 0 Å². The summed E-state index contributed by atoms with van der Waals surface area (Å²) in [4.78, 5) is 27.4. The Hall–Kier alpha value is -1.76. The van der Waals surface area contributed by atoms with Gasteiger partial charge in [-0.3, -0.25) is 4.79 Å². The van der Waals surface area contributed by atoms with E-state index >= 15 is 0 Å². The Labute approximate surface area is 151 Å². The molecule has 1 heterocycles. The van der Waals surface area contributed by atoms with Gasteiger partial charge in [0.2, 0.25) is 5.91 Å². The number of hydrogen-bond acceptors (Lipinski definition) is 4. The molecule has 1 saturated heterocycles. The third kappa shape index (κ3) is 5.12. The number of carbonyl (C=O) groups is 2. The highest BCUT2D eigenvalue weighted by Gasteiger charge is 2.26. The molecule has 0 aromatic heterocycles. The zero-order valence-corrected chi connectivity index (χ0v) is 16.1. The van der Waals surface area contributed by atoms with E-state index in [0.717, 1.165) is 15.8 Å². The molecule has 1 aromatic carbocycles. The van der Waals surface area contributed by atoms with Gasteiger partial charge in [0.15, 0.2) is 0 Å². The largest absolute Gasteiger partial charge is 0.444 e. The minimum atomic E-state index is -0.489. The van der Waals surface area contributed by atoms with Crippen LogP contribution in [0.3, 0.4) is 0 Å². The molecule has 2 rings (SSSR count). The lowest BCUT2D eigenvalue weighted by Gasteiger charge is -2.37. The Morgan fingerprint density at radius 2 is 1.79 bits per heavy atom. The molecule has 0 spiro atoms. The van der Waals surface area contributed by atoms with Crippen LogP contribution in [-0.2, 0) is 9.53 Å². The maximum absolute atomic E-state index is 12.1. The van der Waals surface area contributed by atoms with E-state index < -0.39 is 5.60 Å². The Balaban J connectivity index is 2.05. The van der Waals surface area contributed by atoms with Crippen molar-refractivity contribution < 1.29 is 14.3 Å². The predicted octanol–water partition coefficient (Wildman–Crippen LogP) is 3.46. The second kappa shape index (κ2) is 7.42. The number of carbonyl (C=O) groups excluding carboxylic acids is 2. The van der Waals surface area contributed by atoms with Crippen LogP contribution in [-0.4, -0.2) is 48.7 Å². The third-order valence-electron chi connectivity index (χ3n) is 3.54. The van der Waals surface area contributed by atoms with Crippen LogP contribution in [0.4, 0.5) is 16.2 Å². The number of anilines is 2. The summed E-state index contributed by atoms with van der Waals surface area (Å²) in [6.45, 7) is 9.62. The molecule has 1 fully saturated rings. The first-order valence-corrected chi connectivity index (χ1v) is 8.75. The van der Waals surface area contributed by atoms with E-state index in [9.17, 15) is 9.59 Å². The Morgan fingerprint density at radius 3 is 2.33 bits per heavy atom. The lowest BCUT2D eigenvalue weighted by molar-refractivity contribution is -0.114. The number of ether oxygens (including phenoxy) is 1.